The number of fused-ring (bicyclic) bond motifs is 1. The number of furan rings is 1. The van der Waals surface area contributed by atoms with Crippen LogP contribution in [-0.2, 0) is 15.0 Å². The lowest BCUT2D eigenvalue weighted by Gasteiger charge is -2.29. The van der Waals surface area contributed by atoms with Gasteiger partial charge in [-0.25, -0.2) is 9.53 Å². The van der Waals surface area contributed by atoms with Gasteiger partial charge >= 0.3 is 0 Å². The van der Waals surface area contributed by atoms with Crippen molar-refractivity contribution in [1.29, 1.82) is 0 Å². The molecule has 0 spiro atoms. The third-order valence-corrected chi connectivity index (χ3v) is 5.57. The van der Waals surface area contributed by atoms with E-state index >= 15 is 0 Å². The molecular formula is C16H20FN3O4S. The van der Waals surface area contributed by atoms with Crippen LogP contribution in [0.25, 0.3) is 11.0 Å². The van der Waals surface area contributed by atoms with Crippen LogP contribution in [0.5, 0.6) is 0 Å². The molecule has 0 aliphatic carbocycles. The molecule has 1 saturated heterocycles. The van der Waals surface area contributed by atoms with Crippen molar-refractivity contribution in [2.75, 3.05) is 13.1 Å². The molecule has 1 unspecified atom stereocenters. The third-order valence-electron chi connectivity index (χ3n) is 4.49. The number of carbonyl (C=O) groups excluding carboxylic acids is 1. The zero-order valence-corrected chi connectivity index (χ0v) is 14.6. The van der Waals surface area contributed by atoms with Gasteiger partial charge in [-0.2, -0.15) is 12.7 Å². The van der Waals surface area contributed by atoms with E-state index in [-0.39, 0.29) is 30.5 Å². The molecule has 1 amide bonds. The lowest BCUT2D eigenvalue weighted by atomic mass is 9.97. The van der Waals surface area contributed by atoms with Crippen molar-refractivity contribution in [3.05, 3.63) is 35.8 Å². The molecule has 1 aliphatic rings. The highest BCUT2D eigenvalue weighted by atomic mass is 32.2. The first-order chi connectivity index (χ1) is 11.8. The van der Waals surface area contributed by atoms with Gasteiger partial charge in [-0.3, -0.25) is 4.79 Å². The van der Waals surface area contributed by atoms with Crippen LogP contribution in [0.3, 0.4) is 0 Å². The van der Waals surface area contributed by atoms with Gasteiger partial charge in [0.15, 0.2) is 11.4 Å². The summed E-state index contributed by atoms with van der Waals surface area (Å²) in [6.07, 6.45) is 0.813. The van der Waals surface area contributed by atoms with Gasteiger partial charge in [0.1, 0.15) is 5.76 Å². The second-order valence-corrected chi connectivity index (χ2v) is 7.80. The lowest BCUT2D eigenvalue weighted by Crippen LogP contribution is -2.45. The minimum atomic E-state index is -3.71. The highest BCUT2D eigenvalue weighted by Crippen LogP contribution is 2.26. The van der Waals surface area contributed by atoms with Crippen LogP contribution in [0.4, 0.5) is 4.39 Å². The van der Waals surface area contributed by atoms with Crippen molar-refractivity contribution >= 4 is 27.1 Å². The zero-order valence-electron chi connectivity index (χ0n) is 13.7. The maximum absolute atomic E-state index is 13.7. The van der Waals surface area contributed by atoms with E-state index in [1.165, 1.54) is 10.4 Å². The Hall–Kier alpha value is -1.97. The van der Waals surface area contributed by atoms with Crippen LogP contribution in [0.2, 0.25) is 0 Å². The van der Waals surface area contributed by atoms with Gasteiger partial charge in [-0.1, -0.05) is 12.1 Å². The van der Waals surface area contributed by atoms with Gasteiger partial charge in [0, 0.05) is 24.4 Å². The van der Waals surface area contributed by atoms with Crippen LogP contribution >= 0.6 is 0 Å². The molecule has 3 N–H and O–H groups in total. The monoisotopic (exact) mass is 369 g/mol. The van der Waals surface area contributed by atoms with Crippen molar-refractivity contribution in [3.63, 3.8) is 0 Å². The molecule has 136 valence electrons. The largest absolute Gasteiger partial charge is 0.456 e. The SMILES string of the molecule is CC(NC(=O)C1CCN(S(N)(=O)=O)CC1)c1cc2cccc(F)c2o1. The molecule has 2 aromatic rings. The summed E-state index contributed by atoms with van der Waals surface area (Å²) >= 11 is 0. The molecule has 1 fully saturated rings. The number of para-hydroxylation sites is 1. The predicted octanol–water partition coefficient (Wildman–Crippen LogP) is 1.66. The van der Waals surface area contributed by atoms with E-state index in [0.29, 0.717) is 24.0 Å². The minimum absolute atomic E-state index is 0.167. The van der Waals surface area contributed by atoms with Gasteiger partial charge < -0.3 is 9.73 Å². The first-order valence-corrected chi connectivity index (χ1v) is 9.52. The van der Waals surface area contributed by atoms with E-state index in [4.69, 9.17) is 9.56 Å². The molecule has 3 rings (SSSR count). The molecule has 1 aromatic carbocycles. The summed E-state index contributed by atoms with van der Waals surface area (Å²) < 4.78 is 43.0. The van der Waals surface area contributed by atoms with Gasteiger partial charge in [0.05, 0.1) is 6.04 Å². The topological polar surface area (TPSA) is 106 Å². The summed E-state index contributed by atoms with van der Waals surface area (Å²) in [6.45, 7) is 2.20. The Labute approximate surface area is 145 Å². The molecule has 1 aromatic heterocycles. The highest BCUT2D eigenvalue weighted by Gasteiger charge is 2.30. The van der Waals surface area contributed by atoms with Crippen LogP contribution in [0.1, 0.15) is 31.6 Å². The summed E-state index contributed by atoms with van der Waals surface area (Å²) in [5.41, 5.74) is 0.167. The van der Waals surface area contributed by atoms with Gasteiger partial charge in [0.2, 0.25) is 5.91 Å². The minimum Gasteiger partial charge on any atom is -0.456 e. The first-order valence-electron chi connectivity index (χ1n) is 8.02. The lowest BCUT2D eigenvalue weighted by molar-refractivity contribution is -0.126. The number of amides is 1. The van der Waals surface area contributed by atoms with Crippen LogP contribution in [0.15, 0.2) is 28.7 Å². The molecule has 7 nitrogen and oxygen atoms in total. The summed E-state index contributed by atoms with van der Waals surface area (Å²) in [6, 6.07) is 5.93. The molecule has 1 atom stereocenters. The number of nitrogens with one attached hydrogen (secondary N) is 1. The van der Waals surface area contributed by atoms with Gasteiger partial charge in [-0.15, -0.1) is 0 Å². The van der Waals surface area contributed by atoms with Crippen LogP contribution in [-0.4, -0.2) is 31.7 Å². The van der Waals surface area contributed by atoms with Crippen molar-refractivity contribution in [2.24, 2.45) is 11.1 Å². The third kappa shape index (κ3) is 3.83. The van der Waals surface area contributed by atoms with Crippen molar-refractivity contribution < 1.29 is 22.0 Å². The number of nitrogens with zero attached hydrogens (tertiary/aromatic N) is 1. The number of carbonyl (C=O) groups is 1. The summed E-state index contributed by atoms with van der Waals surface area (Å²) in [5, 5.41) is 8.57. The molecule has 9 heteroatoms. The molecular weight excluding hydrogens is 349 g/mol. The number of nitrogens with two attached hydrogens (primary N) is 1. The first kappa shape index (κ1) is 17.8. The highest BCUT2D eigenvalue weighted by molar-refractivity contribution is 7.86. The Kier molecular flexibility index (Phi) is 4.81. The van der Waals surface area contributed by atoms with E-state index in [2.05, 4.69) is 5.32 Å². The van der Waals surface area contributed by atoms with E-state index in [1.807, 2.05) is 0 Å². The molecule has 0 bridgehead atoms. The Balaban J connectivity index is 1.63. The second kappa shape index (κ2) is 6.74. The van der Waals surface area contributed by atoms with Crippen molar-refractivity contribution in [1.82, 2.24) is 9.62 Å². The number of hydrogen-bond donors (Lipinski definition) is 2. The molecule has 0 radical (unpaired) electrons. The Bertz CT molecular complexity index is 888. The molecule has 0 saturated carbocycles. The smallest absolute Gasteiger partial charge is 0.276 e. The fourth-order valence-electron chi connectivity index (χ4n) is 3.04. The summed E-state index contributed by atoms with van der Waals surface area (Å²) in [7, 11) is -3.71. The van der Waals surface area contributed by atoms with Crippen molar-refractivity contribution in [2.45, 2.75) is 25.8 Å². The average Bonchev–Trinajstić information content (AvgIpc) is 3.00. The number of halogens is 1. The van der Waals surface area contributed by atoms with E-state index in [1.54, 1.807) is 25.1 Å². The van der Waals surface area contributed by atoms with E-state index in [9.17, 15) is 17.6 Å². The normalized spacial score (nSPS) is 18.4. The standard InChI is InChI=1S/C16H20FN3O4S/c1-10(14-9-12-3-2-4-13(17)15(12)24-14)19-16(21)11-5-7-20(8-6-11)25(18,22)23/h2-4,9-11H,5-8H2,1H3,(H,19,21)(H2,18,22,23). The fraction of sp³-hybridized carbons (Fsp3) is 0.438. The number of rotatable bonds is 4. The quantitative estimate of drug-likeness (QED) is 0.855. The predicted molar refractivity (Wildman–Crippen MR) is 90.1 cm³/mol. The molecule has 2 heterocycles. The van der Waals surface area contributed by atoms with E-state index in [0.717, 1.165) is 0 Å². The number of benzene rings is 1. The fourth-order valence-corrected chi connectivity index (χ4v) is 3.76. The summed E-state index contributed by atoms with van der Waals surface area (Å²) in [4.78, 5) is 12.4. The average molecular weight is 369 g/mol. The summed E-state index contributed by atoms with van der Waals surface area (Å²) in [5.74, 6) is -0.447. The second-order valence-electron chi connectivity index (χ2n) is 6.26. The number of hydrogen-bond acceptors (Lipinski definition) is 4. The van der Waals surface area contributed by atoms with Crippen LogP contribution in [0, 0.1) is 11.7 Å². The van der Waals surface area contributed by atoms with Crippen LogP contribution < -0.4 is 10.5 Å². The van der Waals surface area contributed by atoms with Gasteiger partial charge in [0.25, 0.3) is 10.2 Å². The molecule has 25 heavy (non-hydrogen) atoms. The Morgan fingerprint density at radius 3 is 2.68 bits per heavy atom. The zero-order chi connectivity index (χ0) is 18.2. The maximum atomic E-state index is 13.7. The Morgan fingerprint density at radius 1 is 1.40 bits per heavy atom. The van der Waals surface area contributed by atoms with Gasteiger partial charge in [-0.05, 0) is 31.9 Å². The number of piperidine rings is 1. The molecule has 1 aliphatic heterocycles. The maximum Gasteiger partial charge on any atom is 0.276 e. The van der Waals surface area contributed by atoms with Crippen molar-refractivity contribution in [3.8, 4) is 0 Å². The Morgan fingerprint density at radius 2 is 2.08 bits per heavy atom. The van der Waals surface area contributed by atoms with E-state index < -0.39 is 22.1 Å².